The highest BCUT2D eigenvalue weighted by Gasteiger charge is 2.33. The summed E-state index contributed by atoms with van der Waals surface area (Å²) in [7, 11) is 0. The number of piperidine rings is 1. The molecule has 0 spiro atoms. The van der Waals surface area contributed by atoms with E-state index in [1.54, 1.807) is 18.2 Å². The van der Waals surface area contributed by atoms with E-state index in [1.165, 1.54) is 22.6 Å². The fourth-order valence-electron chi connectivity index (χ4n) is 4.13. The SMILES string of the molecule is O=C(CCN1C(=O)/C(=C/c2ccccc2F)SC1=S)N1CCC(Cc2ccccc2)CC1. The van der Waals surface area contributed by atoms with E-state index in [0.717, 1.165) is 44.1 Å². The quantitative estimate of drug-likeness (QED) is 0.447. The Morgan fingerprint density at radius 2 is 1.78 bits per heavy atom. The van der Waals surface area contributed by atoms with Crippen LogP contribution in [-0.2, 0) is 16.0 Å². The molecule has 2 aliphatic heterocycles. The number of carbonyl (C=O) groups excluding carboxylic acids is 2. The number of hydrogen-bond acceptors (Lipinski definition) is 4. The van der Waals surface area contributed by atoms with Crippen LogP contribution in [0, 0.1) is 11.7 Å². The van der Waals surface area contributed by atoms with Gasteiger partial charge in [0.15, 0.2) is 0 Å². The van der Waals surface area contributed by atoms with Crippen LogP contribution in [0.1, 0.15) is 30.4 Å². The van der Waals surface area contributed by atoms with Crippen molar-refractivity contribution in [2.45, 2.75) is 25.7 Å². The van der Waals surface area contributed by atoms with E-state index in [1.807, 2.05) is 11.0 Å². The van der Waals surface area contributed by atoms with Crippen LogP contribution in [0.5, 0.6) is 0 Å². The first kappa shape index (κ1) is 22.7. The molecule has 2 aromatic rings. The molecule has 166 valence electrons. The summed E-state index contributed by atoms with van der Waals surface area (Å²) in [5.41, 5.74) is 1.69. The minimum atomic E-state index is -0.386. The van der Waals surface area contributed by atoms with E-state index in [9.17, 15) is 14.0 Å². The molecule has 0 saturated carbocycles. The molecule has 0 N–H and O–H groups in total. The summed E-state index contributed by atoms with van der Waals surface area (Å²) in [4.78, 5) is 29.2. The molecule has 4 nitrogen and oxygen atoms in total. The van der Waals surface area contributed by atoms with E-state index in [2.05, 4.69) is 24.3 Å². The topological polar surface area (TPSA) is 40.6 Å². The average molecular weight is 469 g/mol. The van der Waals surface area contributed by atoms with Gasteiger partial charge in [-0.05, 0) is 42.9 Å². The van der Waals surface area contributed by atoms with Crippen molar-refractivity contribution in [2.24, 2.45) is 5.92 Å². The summed E-state index contributed by atoms with van der Waals surface area (Å²) in [6.07, 6.45) is 4.80. The largest absolute Gasteiger partial charge is 0.343 e. The molecule has 2 aliphatic rings. The van der Waals surface area contributed by atoms with Crippen LogP contribution in [0.25, 0.3) is 6.08 Å². The van der Waals surface area contributed by atoms with Crippen molar-refractivity contribution in [2.75, 3.05) is 19.6 Å². The predicted molar refractivity (Wildman–Crippen MR) is 130 cm³/mol. The second kappa shape index (κ2) is 10.4. The first-order valence-electron chi connectivity index (χ1n) is 10.8. The molecule has 0 bridgehead atoms. The van der Waals surface area contributed by atoms with Crippen molar-refractivity contribution in [3.63, 3.8) is 0 Å². The van der Waals surface area contributed by atoms with Crippen LogP contribution >= 0.6 is 24.0 Å². The third-order valence-corrected chi connectivity index (χ3v) is 7.33. The van der Waals surface area contributed by atoms with Crippen LogP contribution in [-0.4, -0.2) is 45.6 Å². The second-order valence-corrected chi connectivity index (χ2v) is 9.79. The zero-order chi connectivity index (χ0) is 22.5. The van der Waals surface area contributed by atoms with Gasteiger partial charge >= 0.3 is 0 Å². The highest BCUT2D eigenvalue weighted by Crippen LogP contribution is 2.33. The predicted octanol–water partition coefficient (Wildman–Crippen LogP) is 4.90. The van der Waals surface area contributed by atoms with Crippen molar-refractivity contribution < 1.29 is 14.0 Å². The van der Waals surface area contributed by atoms with Crippen molar-refractivity contribution >= 4 is 46.2 Å². The van der Waals surface area contributed by atoms with Gasteiger partial charge in [-0.1, -0.05) is 72.5 Å². The molecule has 0 aromatic heterocycles. The first-order valence-corrected chi connectivity index (χ1v) is 12.1. The number of hydrogen-bond donors (Lipinski definition) is 0. The van der Waals surface area contributed by atoms with Gasteiger partial charge in [0.1, 0.15) is 10.1 Å². The van der Waals surface area contributed by atoms with Crippen molar-refractivity contribution in [3.8, 4) is 0 Å². The molecular formula is C25H25FN2O2S2. The second-order valence-electron chi connectivity index (χ2n) is 8.12. The van der Waals surface area contributed by atoms with Gasteiger partial charge in [-0.15, -0.1) is 0 Å². The highest BCUT2D eigenvalue weighted by molar-refractivity contribution is 8.26. The minimum absolute atomic E-state index is 0.0512. The smallest absolute Gasteiger partial charge is 0.266 e. The molecule has 2 fully saturated rings. The number of nitrogens with zero attached hydrogens (tertiary/aromatic N) is 2. The Morgan fingerprint density at radius 3 is 2.50 bits per heavy atom. The fourth-order valence-corrected chi connectivity index (χ4v) is 5.43. The number of halogens is 1. The molecule has 2 saturated heterocycles. The van der Waals surface area contributed by atoms with Gasteiger partial charge in [-0.3, -0.25) is 14.5 Å². The Balaban J connectivity index is 1.27. The normalized spacial score (nSPS) is 18.6. The Bertz CT molecular complexity index is 1030. The number of rotatable bonds is 6. The Hall–Kier alpha value is -2.51. The molecule has 0 unspecified atom stereocenters. The molecule has 7 heteroatoms. The maximum absolute atomic E-state index is 13.9. The number of amides is 2. The van der Waals surface area contributed by atoms with Crippen LogP contribution in [0.4, 0.5) is 4.39 Å². The summed E-state index contributed by atoms with van der Waals surface area (Å²) in [6, 6.07) is 16.8. The van der Waals surface area contributed by atoms with Gasteiger partial charge in [0, 0.05) is 31.6 Å². The van der Waals surface area contributed by atoms with Crippen LogP contribution in [0.2, 0.25) is 0 Å². The van der Waals surface area contributed by atoms with Gasteiger partial charge in [-0.2, -0.15) is 0 Å². The summed E-state index contributed by atoms with van der Waals surface area (Å²) in [5, 5.41) is 0. The average Bonchev–Trinajstić information content (AvgIpc) is 3.07. The lowest BCUT2D eigenvalue weighted by molar-refractivity contribution is -0.133. The third kappa shape index (κ3) is 5.45. The maximum atomic E-state index is 13.9. The zero-order valence-electron chi connectivity index (χ0n) is 17.7. The number of carbonyl (C=O) groups is 2. The monoisotopic (exact) mass is 468 g/mol. The summed E-state index contributed by atoms with van der Waals surface area (Å²) in [6.45, 7) is 1.76. The zero-order valence-corrected chi connectivity index (χ0v) is 19.3. The van der Waals surface area contributed by atoms with Gasteiger partial charge in [0.05, 0.1) is 4.91 Å². The van der Waals surface area contributed by atoms with E-state index in [-0.39, 0.29) is 30.6 Å². The van der Waals surface area contributed by atoms with Crippen LogP contribution < -0.4 is 0 Å². The summed E-state index contributed by atoms with van der Waals surface area (Å²) in [5.74, 6) is -0.00630. The molecule has 32 heavy (non-hydrogen) atoms. The first-order chi connectivity index (χ1) is 15.5. The minimum Gasteiger partial charge on any atom is -0.343 e. The molecule has 4 rings (SSSR count). The molecule has 0 aliphatic carbocycles. The van der Waals surface area contributed by atoms with Crippen molar-refractivity contribution in [1.82, 2.24) is 9.80 Å². The van der Waals surface area contributed by atoms with Gasteiger partial charge < -0.3 is 4.90 Å². The lowest BCUT2D eigenvalue weighted by atomic mass is 9.90. The van der Waals surface area contributed by atoms with E-state index in [0.29, 0.717) is 20.7 Å². The number of thioether (sulfide) groups is 1. The molecule has 2 amide bonds. The molecule has 2 aromatic carbocycles. The molecule has 0 atom stereocenters. The van der Waals surface area contributed by atoms with Crippen LogP contribution in [0.15, 0.2) is 59.5 Å². The highest BCUT2D eigenvalue weighted by atomic mass is 32.2. The Kier molecular flexibility index (Phi) is 7.37. The lowest BCUT2D eigenvalue weighted by Crippen LogP contribution is -2.41. The number of likely N-dealkylation sites (tertiary alicyclic amines) is 1. The van der Waals surface area contributed by atoms with Crippen LogP contribution in [0.3, 0.4) is 0 Å². The van der Waals surface area contributed by atoms with Crippen molar-refractivity contribution in [1.29, 1.82) is 0 Å². The third-order valence-electron chi connectivity index (χ3n) is 5.95. The van der Waals surface area contributed by atoms with E-state index >= 15 is 0 Å². The molecular weight excluding hydrogens is 443 g/mol. The molecule has 0 radical (unpaired) electrons. The summed E-state index contributed by atoms with van der Waals surface area (Å²) < 4.78 is 14.3. The van der Waals surface area contributed by atoms with Gasteiger partial charge in [0.2, 0.25) is 5.91 Å². The van der Waals surface area contributed by atoms with E-state index in [4.69, 9.17) is 12.2 Å². The standard InChI is InChI=1S/C25H25FN2O2S2/c26-21-9-5-4-8-20(21)17-22-24(30)28(25(31)32-22)15-12-23(29)27-13-10-19(11-14-27)16-18-6-2-1-3-7-18/h1-9,17,19H,10-16H2/b22-17-. The van der Waals surface area contributed by atoms with Gasteiger partial charge in [-0.25, -0.2) is 4.39 Å². The molecule has 2 heterocycles. The Morgan fingerprint density at radius 1 is 1.09 bits per heavy atom. The number of thiocarbonyl (C=S) groups is 1. The lowest BCUT2D eigenvalue weighted by Gasteiger charge is -2.32. The van der Waals surface area contributed by atoms with Crippen molar-refractivity contribution in [3.05, 3.63) is 76.4 Å². The van der Waals surface area contributed by atoms with E-state index < -0.39 is 0 Å². The fraction of sp³-hybridized carbons (Fsp3) is 0.320. The summed E-state index contributed by atoms with van der Waals surface area (Å²) >= 11 is 6.49. The maximum Gasteiger partial charge on any atom is 0.266 e. The van der Waals surface area contributed by atoms with Gasteiger partial charge in [0.25, 0.3) is 5.91 Å². The number of benzene rings is 2. The Labute approximate surface area is 197 Å².